The van der Waals surface area contributed by atoms with Crippen LogP contribution in [-0.2, 0) is 4.79 Å². The molecule has 0 aliphatic rings. The minimum Gasteiger partial charge on any atom is -0.491 e. The minimum absolute atomic E-state index is 0.126. The first kappa shape index (κ1) is 14.5. The van der Waals surface area contributed by atoms with E-state index in [0.29, 0.717) is 0 Å². The smallest absolute Gasteiger partial charge is 0.255 e. The zero-order valence-corrected chi connectivity index (χ0v) is 11.3. The number of hydrogen-bond acceptors (Lipinski definition) is 4. The average molecular weight is 251 g/mol. The molecule has 1 rings (SSSR count). The molecule has 1 aromatic rings. The fourth-order valence-corrected chi connectivity index (χ4v) is 1.47. The van der Waals surface area contributed by atoms with Crippen molar-refractivity contribution in [2.24, 2.45) is 5.73 Å². The van der Waals surface area contributed by atoms with Gasteiger partial charge in [0.2, 0.25) is 0 Å². The molecule has 5 heteroatoms. The van der Waals surface area contributed by atoms with Crippen molar-refractivity contribution in [2.45, 2.75) is 26.0 Å². The van der Waals surface area contributed by atoms with Gasteiger partial charge < -0.3 is 10.5 Å². The highest BCUT2D eigenvalue weighted by molar-refractivity contribution is 5.82. The van der Waals surface area contributed by atoms with Gasteiger partial charge in [-0.25, -0.2) is 5.01 Å². The molecule has 0 spiro atoms. The van der Waals surface area contributed by atoms with Gasteiger partial charge in [-0.2, -0.15) is 0 Å². The third kappa shape index (κ3) is 4.35. The molecule has 1 unspecified atom stereocenters. The number of benzene rings is 1. The van der Waals surface area contributed by atoms with Crippen molar-refractivity contribution in [3.63, 3.8) is 0 Å². The second kappa shape index (κ2) is 6.37. The first-order valence-corrected chi connectivity index (χ1v) is 5.90. The van der Waals surface area contributed by atoms with Crippen LogP contribution in [0.15, 0.2) is 24.3 Å². The molecule has 0 aromatic heterocycles. The number of amides is 1. The summed E-state index contributed by atoms with van der Waals surface area (Å²) in [5, 5.41) is 1.57. The van der Waals surface area contributed by atoms with Crippen LogP contribution >= 0.6 is 0 Å². The summed E-state index contributed by atoms with van der Waals surface area (Å²) < 4.78 is 5.52. The third-order valence-electron chi connectivity index (χ3n) is 2.23. The van der Waals surface area contributed by atoms with E-state index < -0.39 is 6.04 Å². The van der Waals surface area contributed by atoms with Crippen molar-refractivity contribution in [3.8, 4) is 5.75 Å². The molecule has 100 valence electrons. The monoisotopic (exact) mass is 251 g/mol. The summed E-state index contributed by atoms with van der Waals surface area (Å²) in [6.45, 7) is 3.92. The summed E-state index contributed by atoms with van der Waals surface area (Å²) in [6, 6.07) is 6.56. The van der Waals surface area contributed by atoms with Gasteiger partial charge in [-0.3, -0.25) is 10.2 Å². The van der Waals surface area contributed by atoms with Crippen LogP contribution in [0.1, 0.15) is 25.5 Å². The van der Waals surface area contributed by atoms with Gasteiger partial charge >= 0.3 is 0 Å². The van der Waals surface area contributed by atoms with Crippen LogP contribution in [0.2, 0.25) is 0 Å². The maximum atomic E-state index is 11.7. The molecule has 5 nitrogen and oxygen atoms in total. The summed E-state index contributed by atoms with van der Waals surface area (Å²) in [5.41, 5.74) is 9.24. The lowest BCUT2D eigenvalue weighted by atomic mass is 10.1. The highest BCUT2D eigenvalue weighted by atomic mass is 16.5. The van der Waals surface area contributed by atoms with Gasteiger partial charge in [0.25, 0.3) is 5.91 Å². The van der Waals surface area contributed by atoms with Crippen molar-refractivity contribution in [1.29, 1.82) is 0 Å². The first-order valence-electron chi connectivity index (χ1n) is 5.90. The van der Waals surface area contributed by atoms with Crippen molar-refractivity contribution >= 4 is 5.91 Å². The first-order chi connectivity index (χ1) is 8.40. The van der Waals surface area contributed by atoms with Crippen LogP contribution in [0.3, 0.4) is 0 Å². The maximum Gasteiger partial charge on any atom is 0.255 e. The van der Waals surface area contributed by atoms with Crippen LogP contribution < -0.4 is 15.9 Å². The standard InChI is InChI=1S/C13H21N3O2/c1-9(2)18-11-7-5-10(6-8-11)12(14)13(17)15-16(3)4/h5-9,12H,14H2,1-4H3,(H,15,17). The molecule has 18 heavy (non-hydrogen) atoms. The number of rotatable bonds is 5. The Morgan fingerprint density at radius 1 is 1.28 bits per heavy atom. The van der Waals surface area contributed by atoms with Gasteiger partial charge in [-0.15, -0.1) is 0 Å². The number of hydrogen-bond donors (Lipinski definition) is 2. The van der Waals surface area contributed by atoms with E-state index in [-0.39, 0.29) is 12.0 Å². The highest BCUT2D eigenvalue weighted by Gasteiger charge is 2.16. The van der Waals surface area contributed by atoms with Gasteiger partial charge in [-0.1, -0.05) is 12.1 Å². The zero-order chi connectivity index (χ0) is 13.7. The van der Waals surface area contributed by atoms with Crippen LogP contribution in [-0.4, -0.2) is 31.1 Å². The molecule has 0 saturated carbocycles. The van der Waals surface area contributed by atoms with Crippen LogP contribution in [0, 0.1) is 0 Å². The summed E-state index contributed by atoms with van der Waals surface area (Å²) in [5.74, 6) is 0.534. The van der Waals surface area contributed by atoms with E-state index in [9.17, 15) is 4.79 Å². The molecule has 0 heterocycles. The number of ether oxygens (including phenoxy) is 1. The molecule has 1 aromatic carbocycles. The highest BCUT2D eigenvalue weighted by Crippen LogP contribution is 2.17. The number of hydrazine groups is 1. The SMILES string of the molecule is CC(C)Oc1ccc(C(N)C(=O)NN(C)C)cc1. The largest absolute Gasteiger partial charge is 0.491 e. The molecule has 0 aliphatic heterocycles. The maximum absolute atomic E-state index is 11.7. The lowest BCUT2D eigenvalue weighted by molar-refractivity contribution is -0.126. The molecule has 3 N–H and O–H groups in total. The van der Waals surface area contributed by atoms with Crippen LogP contribution in [0.25, 0.3) is 0 Å². The Morgan fingerprint density at radius 3 is 2.28 bits per heavy atom. The Morgan fingerprint density at radius 2 is 1.83 bits per heavy atom. The van der Waals surface area contributed by atoms with E-state index in [2.05, 4.69) is 5.43 Å². The van der Waals surface area contributed by atoms with Crippen molar-refractivity contribution < 1.29 is 9.53 Å². The van der Waals surface area contributed by atoms with E-state index in [1.165, 1.54) is 0 Å². The van der Waals surface area contributed by atoms with E-state index in [0.717, 1.165) is 11.3 Å². The third-order valence-corrected chi connectivity index (χ3v) is 2.23. The Kier molecular flexibility index (Phi) is 5.12. The summed E-state index contributed by atoms with van der Waals surface area (Å²) in [6.07, 6.45) is 0.126. The van der Waals surface area contributed by atoms with E-state index >= 15 is 0 Å². The fourth-order valence-electron chi connectivity index (χ4n) is 1.47. The molecule has 0 aliphatic carbocycles. The number of nitrogens with one attached hydrogen (secondary N) is 1. The van der Waals surface area contributed by atoms with E-state index in [1.54, 1.807) is 31.2 Å². The molecule has 0 saturated heterocycles. The average Bonchev–Trinajstić information content (AvgIpc) is 2.27. The van der Waals surface area contributed by atoms with Gasteiger partial charge in [0.05, 0.1) is 6.10 Å². The quantitative estimate of drug-likeness (QED) is 0.768. The van der Waals surface area contributed by atoms with Crippen LogP contribution in [0.4, 0.5) is 0 Å². The second-order valence-electron chi connectivity index (χ2n) is 4.58. The normalized spacial score (nSPS) is 12.6. The van der Waals surface area contributed by atoms with E-state index in [1.807, 2.05) is 26.0 Å². The lowest BCUT2D eigenvalue weighted by Gasteiger charge is -2.17. The Hall–Kier alpha value is -1.59. The lowest BCUT2D eigenvalue weighted by Crippen LogP contribution is -2.41. The Labute approximate surface area is 108 Å². The van der Waals surface area contributed by atoms with Crippen molar-refractivity contribution in [1.82, 2.24) is 10.4 Å². The van der Waals surface area contributed by atoms with Gasteiger partial charge in [-0.05, 0) is 31.5 Å². The van der Waals surface area contributed by atoms with Crippen molar-refractivity contribution in [3.05, 3.63) is 29.8 Å². The number of carbonyl (C=O) groups is 1. The number of carbonyl (C=O) groups excluding carboxylic acids is 1. The molecular weight excluding hydrogens is 230 g/mol. The zero-order valence-electron chi connectivity index (χ0n) is 11.3. The Bertz CT molecular complexity index is 388. The predicted octanol–water partition coefficient (Wildman–Crippen LogP) is 1.07. The summed E-state index contributed by atoms with van der Waals surface area (Å²) >= 11 is 0. The molecule has 0 bridgehead atoms. The molecule has 1 atom stereocenters. The molecule has 0 radical (unpaired) electrons. The number of nitrogens with two attached hydrogens (primary N) is 1. The molecular formula is C13H21N3O2. The van der Waals surface area contributed by atoms with Crippen LogP contribution in [0.5, 0.6) is 5.75 Å². The second-order valence-corrected chi connectivity index (χ2v) is 4.58. The predicted molar refractivity (Wildman–Crippen MR) is 71.0 cm³/mol. The number of nitrogens with zero attached hydrogens (tertiary/aromatic N) is 1. The molecule has 1 amide bonds. The van der Waals surface area contributed by atoms with Crippen molar-refractivity contribution in [2.75, 3.05) is 14.1 Å². The van der Waals surface area contributed by atoms with Gasteiger partial charge in [0, 0.05) is 14.1 Å². The van der Waals surface area contributed by atoms with Gasteiger partial charge in [0.15, 0.2) is 0 Å². The summed E-state index contributed by atoms with van der Waals surface area (Å²) in [4.78, 5) is 11.7. The summed E-state index contributed by atoms with van der Waals surface area (Å²) in [7, 11) is 3.48. The fraction of sp³-hybridized carbons (Fsp3) is 0.462. The Balaban J connectivity index is 2.69. The topological polar surface area (TPSA) is 67.6 Å². The van der Waals surface area contributed by atoms with Gasteiger partial charge in [0.1, 0.15) is 11.8 Å². The van der Waals surface area contributed by atoms with E-state index in [4.69, 9.17) is 10.5 Å². The minimum atomic E-state index is -0.680. The molecule has 0 fully saturated rings.